The Labute approximate surface area is 78.6 Å². The van der Waals surface area contributed by atoms with Crippen molar-refractivity contribution in [1.82, 2.24) is 0 Å². The predicted octanol–water partition coefficient (Wildman–Crippen LogP) is 2.35. The molecule has 1 atom stereocenters. The van der Waals surface area contributed by atoms with Gasteiger partial charge in [-0.15, -0.1) is 0 Å². The van der Waals surface area contributed by atoms with Gasteiger partial charge in [-0.1, -0.05) is 28.1 Å². The van der Waals surface area contributed by atoms with Crippen molar-refractivity contribution < 1.29 is 9.23 Å². The van der Waals surface area contributed by atoms with Crippen molar-refractivity contribution >= 4 is 15.9 Å². The van der Waals surface area contributed by atoms with E-state index in [1.54, 1.807) is 24.3 Å². The largest absolute Gasteiger partial charge is 0.301 e. The Morgan fingerprint density at radius 2 is 2.00 bits per heavy atom. The van der Waals surface area contributed by atoms with Crippen molar-refractivity contribution in [2.24, 2.45) is 5.90 Å². The average molecular weight is 234 g/mol. The lowest BCUT2D eigenvalue weighted by Gasteiger charge is -2.05. The third-order valence-corrected chi connectivity index (χ3v) is 2.00. The molecule has 2 nitrogen and oxygen atoms in total. The molecule has 1 aromatic rings. The van der Waals surface area contributed by atoms with Crippen LogP contribution >= 0.6 is 15.9 Å². The molecule has 1 rings (SSSR count). The van der Waals surface area contributed by atoms with E-state index in [0.29, 0.717) is 5.56 Å². The SMILES string of the molecule is NOCC(F)c1ccc(Br)cc1. The molecule has 0 spiro atoms. The van der Waals surface area contributed by atoms with Gasteiger partial charge in [-0.05, 0) is 17.7 Å². The van der Waals surface area contributed by atoms with E-state index in [2.05, 4.69) is 20.8 Å². The third-order valence-electron chi connectivity index (χ3n) is 1.47. The lowest BCUT2D eigenvalue weighted by molar-refractivity contribution is 0.0816. The second kappa shape index (κ2) is 4.54. The maximum atomic E-state index is 13.0. The molecule has 4 heteroatoms. The summed E-state index contributed by atoms with van der Waals surface area (Å²) in [6.45, 7) is -0.109. The Hall–Kier alpha value is -0.450. The van der Waals surface area contributed by atoms with E-state index in [0.717, 1.165) is 4.47 Å². The van der Waals surface area contributed by atoms with Gasteiger partial charge < -0.3 is 4.84 Å². The van der Waals surface area contributed by atoms with Gasteiger partial charge in [-0.25, -0.2) is 10.3 Å². The molecule has 0 saturated carbocycles. The number of nitrogens with two attached hydrogens (primary N) is 1. The average Bonchev–Trinajstić information content (AvgIpc) is 2.06. The molecule has 0 radical (unpaired) electrons. The predicted molar refractivity (Wildman–Crippen MR) is 48.1 cm³/mol. The fourth-order valence-corrected chi connectivity index (χ4v) is 1.12. The number of hydrogen-bond acceptors (Lipinski definition) is 2. The normalized spacial score (nSPS) is 12.9. The second-order valence-corrected chi connectivity index (χ2v) is 3.27. The highest BCUT2D eigenvalue weighted by atomic mass is 79.9. The van der Waals surface area contributed by atoms with Gasteiger partial charge in [0.25, 0.3) is 0 Å². The van der Waals surface area contributed by atoms with E-state index in [9.17, 15) is 4.39 Å². The Kier molecular flexibility index (Phi) is 3.65. The van der Waals surface area contributed by atoms with E-state index in [-0.39, 0.29) is 6.61 Å². The Morgan fingerprint density at radius 1 is 1.42 bits per heavy atom. The van der Waals surface area contributed by atoms with Gasteiger partial charge in [0.15, 0.2) is 6.17 Å². The van der Waals surface area contributed by atoms with Crippen LogP contribution in [0.1, 0.15) is 11.7 Å². The van der Waals surface area contributed by atoms with E-state index in [1.165, 1.54) is 0 Å². The number of alkyl halides is 1. The standard InChI is InChI=1S/C8H9BrFNO/c9-7-3-1-6(2-4-7)8(10)5-12-11/h1-4,8H,5,11H2. The fourth-order valence-electron chi connectivity index (χ4n) is 0.852. The van der Waals surface area contributed by atoms with E-state index in [4.69, 9.17) is 5.90 Å². The molecule has 0 aromatic heterocycles. The van der Waals surface area contributed by atoms with Crippen molar-refractivity contribution in [1.29, 1.82) is 0 Å². The van der Waals surface area contributed by atoms with Crippen molar-refractivity contribution in [2.75, 3.05) is 6.61 Å². The van der Waals surface area contributed by atoms with Gasteiger partial charge in [-0.3, -0.25) is 0 Å². The molecule has 0 fully saturated rings. The molecular formula is C8H9BrFNO. The molecule has 0 aliphatic rings. The summed E-state index contributed by atoms with van der Waals surface area (Å²) < 4.78 is 14.0. The molecule has 66 valence electrons. The minimum atomic E-state index is -1.15. The molecule has 0 amide bonds. The lowest BCUT2D eigenvalue weighted by atomic mass is 10.1. The van der Waals surface area contributed by atoms with Crippen LogP contribution in [0.3, 0.4) is 0 Å². The highest BCUT2D eigenvalue weighted by Crippen LogP contribution is 2.19. The van der Waals surface area contributed by atoms with Crippen LogP contribution in [0.4, 0.5) is 4.39 Å². The number of halogens is 2. The van der Waals surface area contributed by atoms with Gasteiger partial charge >= 0.3 is 0 Å². The Balaban J connectivity index is 2.68. The summed E-state index contributed by atoms with van der Waals surface area (Å²) in [5, 5.41) is 0. The zero-order valence-corrected chi connectivity index (χ0v) is 7.92. The molecule has 0 aliphatic carbocycles. The second-order valence-electron chi connectivity index (χ2n) is 2.35. The molecular weight excluding hydrogens is 225 g/mol. The number of benzene rings is 1. The minimum Gasteiger partial charge on any atom is -0.301 e. The molecule has 0 heterocycles. The van der Waals surface area contributed by atoms with E-state index in [1.807, 2.05) is 0 Å². The monoisotopic (exact) mass is 233 g/mol. The topological polar surface area (TPSA) is 35.2 Å². The smallest absolute Gasteiger partial charge is 0.150 e. The maximum absolute atomic E-state index is 13.0. The van der Waals surface area contributed by atoms with Gasteiger partial charge in [0.05, 0.1) is 0 Å². The van der Waals surface area contributed by atoms with E-state index < -0.39 is 6.17 Å². The minimum absolute atomic E-state index is 0.109. The van der Waals surface area contributed by atoms with E-state index >= 15 is 0 Å². The van der Waals surface area contributed by atoms with Crippen molar-refractivity contribution in [2.45, 2.75) is 6.17 Å². The summed E-state index contributed by atoms with van der Waals surface area (Å²) >= 11 is 3.26. The molecule has 1 unspecified atom stereocenters. The van der Waals surface area contributed by atoms with Crippen LogP contribution in [0, 0.1) is 0 Å². The highest BCUT2D eigenvalue weighted by molar-refractivity contribution is 9.10. The quantitative estimate of drug-likeness (QED) is 0.814. The van der Waals surface area contributed by atoms with Crippen LogP contribution in [0.2, 0.25) is 0 Å². The molecule has 0 bridgehead atoms. The van der Waals surface area contributed by atoms with Gasteiger partial charge in [-0.2, -0.15) is 0 Å². The fraction of sp³-hybridized carbons (Fsp3) is 0.250. The van der Waals surface area contributed by atoms with Crippen LogP contribution in [-0.2, 0) is 4.84 Å². The number of rotatable bonds is 3. The summed E-state index contributed by atoms with van der Waals surface area (Å²) in [6, 6.07) is 6.93. The van der Waals surface area contributed by atoms with Crippen LogP contribution < -0.4 is 5.90 Å². The van der Waals surface area contributed by atoms with Crippen LogP contribution in [0.15, 0.2) is 28.7 Å². The molecule has 0 saturated heterocycles. The van der Waals surface area contributed by atoms with Crippen molar-refractivity contribution in [3.63, 3.8) is 0 Å². The molecule has 0 aliphatic heterocycles. The first-order valence-electron chi connectivity index (χ1n) is 3.45. The summed E-state index contributed by atoms with van der Waals surface area (Å²) in [5.41, 5.74) is 0.573. The number of hydrogen-bond donors (Lipinski definition) is 1. The van der Waals surface area contributed by atoms with Crippen LogP contribution in [-0.4, -0.2) is 6.61 Å². The van der Waals surface area contributed by atoms with Crippen molar-refractivity contribution in [3.8, 4) is 0 Å². The Bertz CT molecular complexity index is 239. The molecule has 2 N–H and O–H groups in total. The Morgan fingerprint density at radius 3 is 2.50 bits per heavy atom. The summed E-state index contributed by atoms with van der Waals surface area (Å²) in [5.74, 6) is 4.75. The van der Waals surface area contributed by atoms with Crippen LogP contribution in [0.5, 0.6) is 0 Å². The van der Waals surface area contributed by atoms with Crippen LogP contribution in [0.25, 0.3) is 0 Å². The first kappa shape index (κ1) is 9.64. The summed E-state index contributed by atoms with van der Waals surface area (Å²) in [6.07, 6.45) is -1.15. The molecule has 12 heavy (non-hydrogen) atoms. The first-order chi connectivity index (χ1) is 5.74. The highest BCUT2D eigenvalue weighted by Gasteiger charge is 2.08. The summed E-state index contributed by atoms with van der Waals surface area (Å²) in [7, 11) is 0. The van der Waals surface area contributed by atoms with Gasteiger partial charge in [0.2, 0.25) is 0 Å². The van der Waals surface area contributed by atoms with Crippen molar-refractivity contribution in [3.05, 3.63) is 34.3 Å². The van der Waals surface area contributed by atoms with Gasteiger partial charge in [0, 0.05) is 4.47 Å². The van der Waals surface area contributed by atoms with Gasteiger partial charge in [0.1, 0.15) is 6.61 Å². The maximum Gasteiger partial charge on any atom is 0.150 e. The zero-order valence-electron chi connectivity index (χ0n) is 6.34. The molecule has 1 aromatic carbocycles. The first-order valence-corrected chi connectivity index (χ1v) is 4.24. The zero-order chi connectivity index (χ0) is 8.97. The third kappa shape index (κ3) is 2.55. The lowest BCUT2D eigenvalue weighted by Crippen LogP contribution is -2.07. The summed E-state index contributed by atoms with van der Waals surface area (Å²) in [4.78, 5) is 4.20.